The molecule has 0 aliphatic carbocycles. The van der Waals surface area contributed by atoms with Crippen molar-refractivity contribution in [1.82, 2.24) is 14.7 Å². The molecule has 1 N–H and O–H groups in total. The van der Waals surface area contributed by atoms with Crippen molar-refractivity contribution in [2.75, 3.05) is 26.8 Å². The summed E-state index contributed by atoms with van der Waals surface area (Å²) in [4.78, 5) is 5.18. The predicted octanol–water partition coefficient (Wildman–Crippen LogP) is 2.30. The van der Waals surface area contributed by atoms with E-state index in [1.165, 1.54) is 0 Å². The SMILES string of the molecule is COCCNCC=Cc1c(Cl)nc2sccn12. The third kappa shape index (κ3) is 3.07. The zero-order valence-electron chi connectivity index (χ0n) is 9.52. The second-order valence-electron chi connectivity index (χ2n) is 3.44. The number of hydrogen-bond acceptors (Lipinski definition) is 4. The molecule has 4 nitrogen and oxygen atoms in total. The smallest absolute Gasteiger partial charge is 0.195 e. The van der Waals surface area contributed by atoms with Crippen molar-refractivity contribution in [3.8, 4) is 0 Å². The van der Waals surface area contributed by atoms with Crippen LogP contribution >= 0.6 is 22.9 Å². The van der Waals surface area contributed by atoms with Crippen LogP contribution in [0.25, 0.3) is 11.0 Å². The van der Waals surface area contributed by atoms with E-state index in [-0.39, 0.29) is 0 Å². The molecule has 0 radical (unpaired) electrons. The van der Waals surface area contributed by atoms with E-state index in [4.69, 9.17) is 16.3 Å². The van der Waals surface area contributed by atoms with Gasteiger partial charge in [0.2, 0.25) is 0 Å². The summed E-state index contributed by atoms with van der Waals surface area (Å²) in [6.45, 7) is 2.35. The highest BCUT2D eigenvalue weighted by Crippen LogP contribution is 2.22. The molecular formula is C11H14ClN3OS. The van der Waals surface area contributed by atoms with E-state index in [0.29, 0.717) is 5.15 Å². The van der Waals surface area contributed by atoms with Crippen molar-refractivity contribution >= 4 is 34.0 Å². The number of halogens is 1. The average Bonchev–Trinajstić information content (AvgIpc) is 2.85. The van der Waals surface area contributed by atoms with Crippen LogP contribution in [0, 0.1) is 0 Å². The molecule has 0 aromatic carbocycles. The molecule has 17 heavy (non-hydrogen) atoms. The molecule has 0 amide bonds. The van der Waals surface area contributed by atoms with Crippen molar-refractivity contribution in [3.05, 3.63) is 28.5 Å². The number of fused-ring (bicyclic) bond motifs is 1. The minimum atomic E-state index is 0.546. The van der Waals surface area contributed by atoms with E-state index < -0.39 is 0 Å². The Morgan fingerprint density at radius 3 is 3.35 bits per heavy atom. The Bertz CT molecular complexity index is 506. The fraction of sp³-hybridized carbons (Fsp3) is 0.364. The molecule has 0 aliphatic rings. The summed E-state index contributed by atoms with van der Waals surface area (Å²) in [5.41, 5.74) is 0.927. The van der Waals surface area contributed by atoms with Crippen LogP contribution < -0.4 is 5.32 Å². The first-order chi connectivity index (χ1) is 8.33. The first kappa shape index (κ1) is 12.6. The van der Waals surface area contributed by atoms with Crippen molar-refractivity contribution in [2.45, 2.75) is 0 Å². The number of thiazole rings is 1. The lowest BCUT2D eigenvalue weighted by molar-refractivity contribution is 0.200. The maximum atomic E-state index is 6.05. The van der Waals surface area contributed by atoms with Crippen molar-refractivity contribution in [2.24, 2.45) is 0 Å². The molecule has 0 spiro atoms. The quantitative estimate of drug-likeness (QED) is 0.820. The zero-order chi connectivity index (χ0) is 12.1. The fourth-order valence-corrected chi connectivity index (χ4v) is 2.46. The van der Waals surface area contributed by atoms with Gasteiger partial charge in [-0.3, -0.25) is 4.40 Å². The number of aromatic nitrogens is 2. The number of imidazole rings is 1. The minimum Gasteiger partial charge on any atom is -0.383 e. The van der Waals surface area contributed by atoms with Crippen LogP contribution in [-0.4, -0.2) is 36.2 Å². The first-order valence-electron chi connectivity index (χ1n) is 5.30. The van der Waals surface area contributed by atoms with E-state index in [0.717, 1.165) is 30.4 Å². The lowest BCUT2D eigenvalue weighted by Gasteiger charge is -1.98. The van der Waals surface area contributed by atoms with E-state index in [1.54, 1.807) is 18.4 Å². The van der Waals surface area contributed by atoms with Crippen molar-refractivity contribution < 1.29 is 4.74 Å². The second kappa shape index (κ2) is 6.16. The van der Waals surface area contributed by atoms with Crippen LogP contribution in [0.5, 0.6) is 0 Å². The van der Waals surface area contributed by atoms with Crippen LogP contribution in [-0.2, 0) is 4.74 Å². The summed E-state index contributed by atoms with van der Waals surface area (Å²) in [6.07, 6.45) is 5.98. The summed E-state index contributed by atoms with van der Waals surface area (Å²) in [6, 6.07) is 0. The van der Waals surface area contributed by atoms with Crippen LogP contribution in [0.1, 0.15) is 5.69 Å². The third-order valence-electron chi connectivity index (χ3n) is 2.28. The molecule has 2 heterocycles. The minimum absolute atomic E-state index is 0.546. The summed E-state index contributed by atoms with van der Waals surface area (Å²) < 4.78 is 6.92. The lowest BCUT2D eigenvalue weighted by Crippen LogP contribution is -2.18. The molecule has 2 rings (SSSR count). The Morgan fingerprint density at radius 1 is 1.65 bits per heavy atom. The number of nitrogens with one attached hydrogen (secondary N) is 1. The van der Waals surface area contributed by atoms with Crippen molar-refractivity contribution in [3.63, 3.8) is 0 Å². The topological polar surface area (TPSA) is 38.6 Å². The van der Waals surface area contributed by atoms with Gasteiger partial charge in [-0.25, -0.2) is 4.98 Å². The highest BCUT2D eigenvalue weighted by molar-refractivity contribution is 7.15. The Balaban J connectivity index is 1.95. The van der Waals surface area contributed by atoms with Crippen LogP contribution in [0.4, 0.5) is 0 Å². The molecule has 0 fully saturated rings. The largest absolute Gasteiger partial charge is 0.383 e. The van der Waals surface area contributed by atoms with Gasteiger partial charge in [-0.05, 0) is 6.08 Å². The molecule has 2 aromatic heterocycles. The van der Waals surface area contributed by atoms with Gasteiger partial charge in [0.25, 0.3) is 0 Å². The summed E-state index contributed by atoms with van der Waals surface area (Å²) in [5, 5.41) is 5.77. The van der Waals surface area contributed by atoms with E-state index in [2.05, 4.69) is 10.3 Å². The van der Waals surface area contributed by atoms with Gasteiger partial charge in [0.05, 0.1) is 12.3 Å². The predicted molar refractivity (Wildman–Crippen MR) is 71.9 cm³/mol. The number of nitrogens with zero attached hydrogens (tertiary/aromatic N) is 2. The zero-order valence-corrected chi connectivity index (χ0v) is 11.1. The molecule has 2 aromatic rings. The average molecular weight is 272 g/mol. The van der Waals surface area contributed by atoms with Crippen molar-refractivity contribution in [1.29, 1.82) is 0 Å². The van der Waals surface area contributed by atoms with Gasteiger partial charge >= 0.3 is 0 Å². The molecule has 0 saturated heterocycles. The Kier molecular flexibility index (Phi) is 4.56. The number of rotatable bonds is 6. The number of ether oxygens (including phenoxy) is 1. The molecule has 0 aliphatic heterocycles. The van der Waals surface area contributed by atoms with Gasteiger partial charge in [-0.2, -0.15) is 0 Å². The van der Waals surface area contributed by atoms with Gasteiger partial charge < -0.3 is 10.1 Å². The summed E-state index contributed by atoms with van der Waals surface area (Å²) >= 11 is 7.63. The Labute approximate surface area is 109 Å². The Hall–Kier alpha value is -0.880. The van der Waals surface area contributed by atoms with Gasteiger partial charge in [0, 0.05) is 31.8 Å². The normalized spacial score (nSPS) is 11.9. The lowest BCUT2D eigenvalue weighted by atomic mass is 10.4. The van der Waals surface area contributed by atoms with E-state index in [9.17, 15) is 0 Å². The summed E-state index contributed by atoms with van der Waals surface area (Å²) in [5.74, 6) is 0. The standard InChI is InChI=1S/C11H14ClN3OS/c1-16-7-5-13-4-2-3-9-10(12)14-11-15(9)6-8-17-11/h2-3,6,8,13H,4-5,7H2,1H3. The van der Waals surface area contributed by atoms with Crippen LogP contribution in [0.15, 0.2) is 17.7 Å². The molecule has 0 saturated carbocycles. The van der Waals surface area contributed by atoms with Gasteiger partial charge in [-0.1, -0.05) is 17.7 Å². The third-order valence-corrected chi connectivity index (χ3v) is 3.31. The van der Waals surface area contributed by atoms with Gasteiger partial charge in [0.15, 0.2) is 10.1 Å². The highest BCUT2D eigenvalue weighted by Gasteiger charge is 2.07. The van der Waals surface area contributed by atoms with E-state index in [1.807, 2.05) is 28.1 Å². The molecular weight excluding hydrogens is 258 g/mol. The molecule has 0 unspecified atom stereocenters. The molecule has 92 valence electrons. The van der Waals surface area contributed by atoms with Gasteiger partial charge in [0.1, 0.15) is 0 Å². The van der Waals surface area contributed by atoms with Gasteiger partial charge in [-0.15, -0.1) is 11.3 Å². The van der Waals surface area contributed by atoms with Crippen LogP contribution in [0.3, 0.4) is 0 Å². The van der Waals surface area contributed by atoms with E-state index >= 15 is 0 Å². The maximum Gasteiger partial charge on any atom is 0.195 e. The summed E-state index contributed by atoms with van der Waals surface area (Å²) in [7, 11) is 1.69. The molecule has 0 atom stereocenters. The molecule has 6 heteroatoms. The first-order valence-corrected chi connectivity index (χ1v) is 6.56. The number of methoxy groups -OCH3 is 1. The Morgan fingerprint density at radius 2 is 2.53 bits per heavy atom. The fourth-order valence-electron chi connectivity index (χ4n) is 1.46. The maximum absolute atomic E-state index is 6.05. The number of hydrogen-bond donors (Lipinski definition) is 1. The van der Waals surface area contributed by atoms with Crippen LogP contribution in [0.2, 0.25) is 5.15 Å². The monoisotopic (exact) mass is 271 g/mol. The second-order valence-corrected chi connectivity index (χ2v) is 4.67. The molecule has 0 bridgehead atoms. The highest BCUT2D eigenvalue weighted by atomic mass is 35.5.